The number of ether oxygens (including phenoxy) is 1. The quantitative estimate of drug-likeness (QED) is 0.703. The summed E-state index contributed by atoms with van der Waals surface area (Å²) in [6.45, 7) is 16.3. The summed E-state index contributed by atoms with van der Waals surface area (Å²) in [5.74, 6) is 0.419. The number of likely N-dealkylation sites (tertiary alicyclic amines) is 1. The van der Waals surface area contributed by atoms with Gasteiger partial charge in [-0.05, 0) is 80.6 Å². The minimum atomic E-state index is -1.20. The van der Waals surface area contributed by atoms with Crippen LogP contribution in [0.3, 0.4) is 0 Å². The third kappa shape index (κ3) is 6.54. The lowest BCUT2D eigenvalue weighted by atomic mass is 9.93. The second kappa shape index (κ2) is 7.54. The van der Waals surface area contributed by atoms with Gasteiger partial charge in [0, 0.05) is 18.3 Å². The molecule has 1 fully saturated rings. The maximum atomic E-state index is 12.4. The number of carbonyl (C=O) groups excluding carboxylic acids is 1. The van der Waals surface area contributed by atoms with Gasteiger partial charge in [-0.1, -0.05) is 0 Å². The molecule has 1 rings (SSSR count). The van der Waals surface area contributed by atoms with Gasteiger partial charge in [-0.2, -0.15) is 4.40 Å². The monoisotopic (exact) mass is 358 g/mol. The third-order valence-corrected chi connectivity index (χ3v) is 5.36. The van der Waals surface area contributed by atoms with Gasteiger partial charge in [-0.25, -0.2) is 9.00 Å². The van der Waals surface area contributed by atoms with Crippen LogP contribution in [0.15, 0.2) is 4.40 Å². The summed E-state index contributed by atoms with van der Waals surface area (Å²) < 4.78 is 21.2. The van der Waals surface area contributed by atoms with Crippen molar-refractivity contribution in [1.82, 2.24) is 4.90 Å². The minimum absolute atomic E-state index is 0.196. The number of hydrogen-bond donors (Lipinski definition) is 0. The lowest BCUT2D eigenvalue weighted by Gasteiger charge is -2.33. The van der Waals surface area contributed by atoms with Crippen molar-refractivity contribution < 1.29 is 13.7 Å². The molecule has 6 heteroatoms. The highest BCUT2D eigenvalue weighted by molar-refractivity contribution is 7.85. The molecule has 24 heavy (non-hydrogen) atoms. The lowest BCUT2D eigenvalue weighted by molar-refractivity contribution is 0.0131. The Bertz CT molecular complexity index is 501. The predicted octanol–water partition coefficient (Wildman–Crippen LogP) is 4.34. The summed E-state index contributed by atoms with van der Waals surface area (Å²) in [6.07, 6.45) is 4.20. The van der Waals surface area contributed by atoms with Crippen LogP contribution in [0.4, 0.5) is 4.79 Å². The van der Waals surface area contributed by atoms with Gasteiger partial charge >= 0.3 is 6.09 Å². The highest BCUT2D eigenvalue weighted by Gasteiger charge is 2.42. The van der Waals surface area contributed by atoms with E-state index in [-0.39, 0.29) is 16.4 Å². The predicted molar refractivity (Wildman–Crippen MR) is 101 cm³/mol. The second-order valence-corrected chi connectivity index (χ2v) is 11.1. The van der Waals surface area contributed by atoms with Crippen molar-refractivity contribution in [3.05, 3.63) is 0 Å². The van der Waals surface area contributed by atoms with E-state index in [2.05, 4.69) is 18.2 Å². The summed E-state index contributed by atoms with van der Waals surface area (Å²) >= 11 is 0. The van der Waals surface area contributed by atoms with Crippen molar-refractivity contribution >= 4 is 23.3 Å². The molecule has 2 atom stereocenters. The van der Waals surface area contributed by atoms with Gasteiger partial charge in [0.15, 0.2) is 0 Å². The number of nitrogens with zero attached hydrogens (tertiary/aromatic N) is 2. The molecule has 0 radical (unpaired) electrons. The third-order valence-electron chi connectivity index (χ3n) is 3.97. The molecular formula is C18H34N2O3S. The van der Waals surface area contributed by atoms with Crippen LogP contribution in [0.1, 0.15) is 74.7 Å². The standard InChI is InChI=1S/C18H34N2O3S/c1-16(2,3)23-15(21)20-13-14(12-18(20,7)8)10-9-11-19-24(22)17(4,5)6/h11,14H,9-10,12-13H2,1-8H3. The Hall–Kier alpha value is -0.910. The molecule has 0 aromatic rings. The van der Waals surface area contributed by atoms with Crippen molar-refractivity contribution in [2.75, 3.05) is 6.54 Å². The van der Waals surface area contributed by atoms with Gasteiger partial charge in [0.2, 0.25) is 0 Å². The summed E-state index contributed by atoms with van der Waals surface area (Å²) in [6, 6.07) is 0. The van der Waals surface area contributed by atoms with Crippen molar-refractivity contribution in [1.29, 1.82) is 0 Å². The zero-order valence-electron chi connectivity index (χ0n) is 16.5. The van der Waals surface area contributed by atoms with Crippen molar-refractivity contribution in [2.24, 2.45) is 10.3 Å². The van der Waals surface area contributed by atoms with Gasteiger partial charge in [-0.3, -0.25) is 0 Å². The molecule has 0 bridgehead atoms. The van der Waals surface area contributed by atoms with Gasteiger partial charge in [0.25, 0.3) is 0 Å². The molecule has 1 aliphatic heterocycles. The van der Waals surface area contributed by atoms with E-state index in [1.807, 2.05) is 46.4 Å². The number of rotatable bonds is 4. The molecule has 0 aromatic heterocycles. The average Bonchev–Trinajstić information content (AvgIpc) is 2.66. The number of amides is 1. The van der Waals surface area contributed by atoms with Crippen LogP contribution in [-0.2, 0) is 15.7 Å². The minimum Gasteiger partial charge on any atom is -0.444 e. The first-order valence-electron chi connectivity index (χ1n) is 8.67. The van der Waals surface area contributed by atoms with Crippen LogP contribution >= 0.6 is 0 Å². The zero-order chi connectivity index (χ0) is 18.8. The molecule has 1 amide bonds. The van der Waals surface area contributed by atoms with Crippen LogP contribution in [0.2, 0.25) is 0 Å². The first-order chi connectivity index (χ1) is 10.7. The first kappa shape index (κ1) is 21.1. The fraction of sp³-hybridized carbons (Fsp3) is 0.889. The second-order valence-electron chi connectivity index (χ2n) is 9.20. The highest BCUT2D eigenvalue weighted by Crippen LogP contribution is 2.35. The Morgan fingerprint density at radius 2 is 1.88 bits per heavy atom. The van der Waals surface area contributed by atoms with Crippen LogP contribution < -0.4 is 0 Å². The van der Waals surface area contributed by atoms with Crippen LogP contribution in [-0.4, -0.2) is 43.8 Å². The Morgan fingerprint density at radius 1 is 1.29 bits per heavy atom. The smallest absolute Gasteiger partial charge is 0.410 e. The summed E-state index contributed by atoms with van der Waals surface area (Å²) in [7, 11) is -1.20. The average molecular weight is 359 g/mol. The van der Waals surface area contributed by atoms with Crippen LogP contribution in [0.5, 0.6) is 0 Å². The molecule has 0 aromatic carbocycles. The van der Waals surface area contributed by atoms with Crippen LogP contribution in [0, 0.1) is 5.92 Å². The molecule has 0 aliphatic carbocycles. The van der Waals surface area contributed by atoms with E-state index in [0.29, 0.717) is 12.5 Å². The lowest BCUT2D eigenvalue weighted by Crippen LogP contribution is -2.45. The number of carbonyl (C=O) groups is 1. The molecule has 1 aliphatic rings. The maximum absolute atomic E-state index is 12.4. The van der Waals surface area contributed by atoms with E-state index in [1.165, 1.54) is 0 Å². The maximum Gasteiger partial charge on any atom is 0.410 e. The Morgan fingerprint density at radius 3 is 2.38 bits per heavy atom. The van der Waals surface area contributed by atoms with E-state index >= 15 is 0 Å². The molecule has 0 spiro atoms. The molecular weight excluding hydrogens is 324 g/mol. The summed E-state index contributed by atoms with van der Waals surface area (Å²) in [4.78, 5) is 14.2. The molecule has 2 unspecified atom stereocenters. The molecule has 1 heterocycles. The summed E-state index contributed by atoms with van der Waals surface area (Å²) in [5, 5.41) is 0. The van der Waals surface area contributed by atoms with Crippen molar-refractivity contribution in [3.63, 3.8) is 0 Å². The van der Waals surface area contributed by atoms with Crippen molar-refractivity contribution in [2.45, 2.75) is 90.5 Å². The fourth-order valence-electron chi connectivity index (χ4n) is 2.81. The molecule has 140 valence electrons. The molecule has 5 nitrogen and oxygen atoms in total. The molecule has 0 saturated carbocycles. The van der Waals surface area contributed by atoms with E-state index in [1.54, 1.807) is 6.21 Å². The zero-order valence-corrected chi connectivity index (χ0v) is 17.3. The van der Waals surface area contributed by atoms with Gasteiger partial charge in [-0.15, -0.1) is 0 Å². The largest absolute Gasteiger partial charge is 0.444 e. The SMILES string of the molecule is CC(C)(C)OC(=O)N1CC(CCC=NS(=O)C(C)(C)C)CC1(C)C. The van der Waals surface area contributed by atoms with Gasteiger partial charge in [0.1, 0.15) is 16.6 Å². The fourth-order valence-corrected chi connectivity index (χ4v) is 3.36. The van der Waals surface area contributed by atoms with E-state index in [0.717, 1.165) is 19.3 Å². The Labute approximate surface area is 149 Å². The van der Waals surface area contributed by atoms with Gasteiger partial charge in [0.05, 0.1) is 4.75 Å². The summed E-state index contributed by atoms with van der Waals surface area (Å²) in [5.41, 5.74) is -0.673. The Kier molecular flexibility index (Phi) is 6.64. The van der Waals surface area contributed by atoms with E-state index in [9.17, 15) is 9.00 Å². The highest BCUT2D eigenvalue weighted by atomic mass is 32.2. The first-order valence-corrected chi connectivity index (χ1v) is 9.78. The molecule has 0 N–H and O–H groups in total. The normalized spacial score (nSPS) is 22.8. The molecule has 1 saturated heterocycles. The van der Waals surface area contributed by atoms with Gasteiger partial charge < -0.3 is 9.64 Å². The number of hydrogen-bond acceptors (Lipinski definition) is 3. The Balaban J connectivity index is 2.55. The topological polar surface area (TPSA) is 59.0 Å². The van der Waals surface area contributed by atoms with E-state index < -0.39 is 16.6 Å². The van der Waals surface area contributed by atoms with Crippen LogP contribution in [0.25, 0.3) is 0 Å². The van der Waals surface area contributed by atoms with Crippen molar-refractivity contribution in [3.8, 4) is 0 Å². The van der Waals surface area contributed by atoms with E-state index in [4.69, 9.17) is 4.74 Å².